The third-order valence-corrected chi connectivity index (χ3v) is 6.47. The molecule has 1 aliphatic rings. The quantitative estimate of drug-likeness (QED) is 0.373. The summed E-state index contributed by atoms with van der Waals surface area (Å²) in [5, 5.41) is 15.4. The molecule has 37 heavy (non-hydrogen) atoms. The highest BCUT2D eigenvalue weighted by atomic mass is 16.6. The van der Waals surface area contributed by atoms with Gasteiger partial charge >= 0.3 is 6.09 Å². The Kier molecular flexibility index (Phi) is 10.9. The van der Waals surface area contributed by atoms with Crippen LogP contribution in [-0.2, 0) is 19.1 Å². The molecule has 5 N–H and O–H groups in total. The minimum atomic E-state index is -1.38. The molecule has 0 aliphatic heterocycles. The SMILES string of the molecule is Cc1cccc(C(C(=O)NC2CCCCC2)N(CCO)C(=O)C(CC(N)=O)NC(=O)OC(C)(C)C)c1C. The van der Waals surface area contributed by atoms with E-state index in [9.17, 15) is 24.3 Å². The van der Waals surface area contributed by atoms with Gasteiger partial charge in [0.2, 0.25) is 17.7 Å². The first kappa shape index (κ1) is 30.1. The number of nitrogens with one attached hydrogen (secondary N) is 2. The Balaban J connectivity index is 2.48. The van der Waals surface area contributed by atoms with Crippen LogP contribution in [0, 0.1) is 13.8 Å². The average molecular weight is 519 g/mol. The highest BCUT2D eigenvalue weighted by Crippen LogP contribution is 2.28. The maximum Gasteiger partial charge on any atom is 0.408 e. The van der Waals surface area contributed by atoms with Gasteiger partial charge in [0.1, 0.15) is 17.7 Å². The molecule has 2 unspecified atom stereocenters. The molecule has 2 rings (SSSR count). The van der Waals surface area contributed by atoms with Crippen LogP contribution in [-0.4, -0.2) is 64.7 Å². The van der Waals surface area contributed by atoms with Crippen molar-refractivity contribution in [1.29, 1.82) is 0 Å². The summed E-state index contributed by atoms with van der Waals surface area (Å²) in [6, 6.07) is 3.01. The highest BCUT2D eigenvalue weighted by Gasteiger charge is 2.38. The summed E-state index contributed by atoms with van der Waals surface area (Å²) in [6.07, 6.45) is 3.45. The van der Waals surface area contributed by atoms with Crippen LogP contribution < -0.4 is 16.4 Å². The summed E-state index contributed by atoms with van der Waals surface area (Å²) >= 11 is 0. The van der Waals surface area contributed by atoms with Crippen LogP contribution in [0.2, 0.25) is 0 Å². The van der Waals surface area contributed by atoms with Gasteiger partial charge in [-0.2, -0.15) is 0 Å². The number of ether oxygens (including phenoxy) is 1. The van der Waals surface area contributed by atoms with E-state index in [4.69, 9.17) is 10.5 Å². The van der Waals surface area contributed by atoms with Crippen molar-refractivity contribution in [2.45, 2.75) is 96.9 Å². The summed E-state index contributed by atoms with van der Waals surface area (Å²) in [5.74, 6) is -1.91. The van der Waals surface area contributed by atoms with Gasteiger partial charge < -0.3 is 31.1 Å². The van der Waals surface area contributed by atoms with Gasteiger partial charge in [-0.15, -0.1) is 0 Å². The molecule has 0 bridgehead atoms. The van der Waals surface area contributed by atoms with E-state index in [1.165, 1.54) is 4.90 Å². The maximum absolute atomic E-state index is 13.8. The number of benzene rings is 1. The zero-order valence-electron chi connectivity index (χ0n) is 22.6. The predicted octanol–water partition coefficient (Wildman–Crippen LogP) is 2.38. The molecule has 1 aromatic carbocycles. The van der Waals surface area contributed by atoms with E-state index in [2.05, 4.69) is 10.6 Å². The Hall–Kier alpha value is -3.14. The van der Waals surface area contributed by atoms with Crippen molar-refractivity contribution in [3.63, 3.8) is 0 Å². The molecule has 1 aliphatic carbocycles. The van der Waals surface area contributed by atoms with Gasteiger partial charge in [0, 0.05) is 12.6 Å². The number of alkyl carbamates (subject to hydrolysis) is 1. The first-order valence-corrected chi connectivity index (χ1v) is 12.9. The van der Waals surface area contributed by atoms with E-state index < -0.39 is 48.6 Å². The Labute approximate surface area is 219 Å². The van der Waals surface area contributed by atoms with Crippen LogP contribution in [0.3, 0.4) is 0 Å². The predicted molar refractivity (Wildman–Crippen MR) is 139 cm³/mol. The molecule has 0 saturated heterocycles. The lowest BCUT2D eigenvalue weighted by Gasteiger charge is -2.36. The molecular formula is C27H42N4O6. The van der Waals surface area contributed by atoms with E-state index in [0.29, 0.717) is 5.56 Å². The van der Waals surface area contributed by atoms with Crippen molar-refractivity contribution >= 4 is 23.8 Å². The van der Waals surface area contributed by atoms with E-state index in [1.807, 2.05) is 19.9 Å². The number of carbonyl (C=O) groups is 4. The lowest BCUT2D eigenvalue weighted by molar-refractivity contribution is -0.144. The highest BCUT2D eigenvalue weighted by molar-refractivity contribution is 5.94. The lowest BCUT2D eigenvalue weighted by atomic mass is 9.92. The fourth-order valence-electron chi connectivity index (χ4n) is 4.57. The van der Waals surface area contributed by atoms with Crippen molar-refractivity contribution in [3.8, 4) is 0 Å². The van der Waals surface area contributed by atoms with E-state index in [0.717, 1.165) is 43.2 Å². The molecular weight excluding hydrogens is 476 g/mol. The number of nitrogens with two attached hydrogens (primary N) is 1. The molecule has 0 heterocycles. The Morgan fingerprint density at radius 1 is 1.14 bits per heavy atom. The number of aliphatic hydroxyl groups excluding tert-OH is 1. The molecule has 1 saturated carbocycles. The monoisotopic (exact) mass is 518 g/mol. The van der Waals surface area contributed by atoms with Crippen LogP contribution in [0.15, 0.2) is 18.2 Å². The Morgan fingerprint density at radius 3 is 2.35 bits per heavy atom. The van der Waals surface area contributed by atoms with E-state index in [1.54, 1.807) is 32.9 Å². The van der Waals surface area contributed by atoms with E-state index in [-0.39, 0.29) is 18.5 Å². The normalized spacial score (nSPS) is 15.8. The van der Waals surface area contributed by atoms with Crippen molar-refractivity contribution < 1.29 is 29.0 Å². The third kappa shape index (κ3) is 9.03. The number of amides is 4. The van der Waals surface area contributed by atoms with Crippen LogP contribution in [0.5, 0.6) is 0 Å². The second-order valence-electron chi connectivity index (χ2n) is 10.7. The molecule has 1 aromatic rings. The number of hydrogen-bond acceptors (Lipinski definition) is 6. The summed E-state index contributed by atoms with van der Waals surface area (Å²) in [6.45, 7) is 8.16. The lowest BCUT2D eigenvalue weighted by Crippen LogP contribution is -2.55. The van der Waals surface area contributed by atoms with Crippen LogP contribution in [0.4, 0.5) is 4.79 Å². The minimum Gasteiger partial charge on any atom is -0.444 e. The van der Waals surface area contributed by atoms with Gasteiger partial charge in [0.25, 0.3) is 0 Å². The topological polar surface area (TPSA) is 151 Å². The van der Waals surface area contributed by atoms with Gasteiger partial charge in [-0.1, -0.05) is 37.5 Å². The maximum atomic E-state index is 13.8. The second kappa shape index (κ2) is 13.4. The first-order valence-electron chi connectivity index (χ1n) is 12.9. The molecule has 206 valence electrons. The van der Waals surface area contributed by atoms with Crippen molar-refractivity contribution in [3.05, 3.63) is 34.9 Å². The molecule has 2 atom stereocenters. The fraction of sp³-hybridized carbons (Fsp3) is 0.630. The molecule has 0 radical (unpaired) electrons. The summed E-state index contributed by atoms with van der Waals surface area (Å²) in [5.41, 5.74) is 6.92. The molecule has 4 amide bonds. The standard InChI is InChI=1S/C27H42N4O6/c1-17-10-9-13-20(18(17)2)23(24(34)29-19-11-7-6-8-12-19)31(14-15-32)25(35)21(16-22(28)33)30-26(36)37-27(3,4)5/h9-10,13,19,21,23,32H,6-8,11-12,14-16H2,1-5H3,(H2,28,33)(H,29,34)(H,30,36). The molecule has 10 nitrogen and oxygen atoms in total. The van der Waals surface area contributed by atoms with Gasteiger partial charge in [0.15, 0.2) is 0 Å². The first-order chi connectivity index (χ1) is 17.3. The molecule has 1 fully saturated rings. The van der Waals surface area contributed by atoms with Gasteiger partial charge in [0.05, 0.1) is 13.0 Å². The summed E-state index contributed by atoms with van der Waals surface area (Å²) in [7, 11) is 0. The molecule has 10 heteroatoms. The molecule has 0 aromatic heterocycles. The second-order valence-corrected chi connectivity index (χ2v) is 10.7. The number of nitrogens with zero attached hydrogens (tertiary/aromatic N) is 1. The van der Waals surface area contributed by atoms with Crippen molar-refractivity contribution in [2.24, 2.45) is 5.73 Å². The third-order valence-electron chi connectivity index (χ3n) is 6.47. The Morgan fingerprint density at radius 2 is 1.78 bits per heavy atom. The van der Waals surface area contributed by atoms with Crippen molar-refractivity contribution in [1.82, 2.24) is 15.5 Å². The molecule has 0 spiro atoms. The van der Waals surface area contributed by atoms with Crippen molar-refractivity contribution in [2.75, 3.05) is 13.2 Å². The summed E-state index contributed by atoms with van der Waals surface area (Å²) in [4.78, 5) is 53.1. The number of carbonyl (C=O) groups excluding carboxylic acids is 4. The van der Waals surface area contributed by atoms with Gasteiger partial charge in [-0.25, -0.2) is 4.79 Å². The van der Waals surface area contributed by atoms with Crippen LogP contribution in [0.1, 0.15) is 82.0 Å². The smallest absolute Gasteiger partial charge is 0.408 e. The minimum absolute atomic E-state index is 0.0127. The van der Waals surface area contributed by atoms with Crippen LogP contribution >= 0.6 is 0 Å². The number of rotatable bonds is 10. The van der Waals surface area contributed by atoms with Crippen LogP contribution in [0.25, 0.3) is 0 Å². The number of aryl methyl sites for hydroxylation is 1. The Bertz CT molecular complexity index is 968. The number of hydrogen-bond donors (Lipinski definition) is 4. The van der Waals surface area contributed by atoms with Gasteiger partial charge in [-0.3, -0.25) is 14.4 Å². The largest absolute Gasteiger partial charge is 0.444 e. The number of primary amides is 1. The number of aliphatic hydroxyl groups is 1. The average Bonchev–Trinajstić information content (AvgIpc) is 2.79. The fourth-order valence-corrected chi connectivity index (χ4v) is 4.57. The zero-order chi connectivity index (χ0) is 27.8. The van der Waals surface area contributed by atoms with E-state index >= 15 is 0 Å². The van der Waals surface area contributed by atoms with Gasteiger partial charge in [-0.05, 0) is 64.2 Å². The zero-order valence-corrected chi connectivity index (χ0v) is 22.6. The summed E-state index contributed by atoms with van der Waals surface area (Å²) < 4.78 is 5.27.